The molecule has 1 aromatic carbocycles. The number of aliphatic hydroxyl groups excluding tert-OH is 1. The van der Waals surface area contributed by atoms with Gasteiger partial charge in [-0.15, -0.1) is 0 Å². The van der Waals surface area contributed by atoms with Gasteiger partial charge in [0.15, 0.2) is 0 Å². The van der Waals surface area contributed by atoms with Crippen LogP contribution in [0.5, 0.6) is 0 Å². The van der Waals surface area contributed by atoms with Crippen molar-refractivity contribution in [2.24, 2.45) is 11.8 Å². The highest BCUT2D eigenvalue weighted by Crippen LogP contribution is 2.38. The lowest BCUT2D eigenvalue weighted by Gasteiger charge is -2.37. The van der Waals surface area contributed by atoms with Crippen molar-refractivity contribution >= 4 is 15.9 Å². The molecule has 0 spiro atoms. The average Bonchev–Trinajstić information content (AvgIpc) is 2.86. The maximum absolute atomic E-state index is 9.35. The van der Waals surface area contributed by atoms with Gasteiger partial charge in [-0.25, -0.2) is 0 Å². The Morgan fingerprint density at radius 2 is 1.80 bits per heavy atom. The molecule has 0 radical (unpaired) electrons. The lowest BCUT2D eigenvalue weighted by atomic mass is 9.75. The molecule has 2 fully saturated rings. The first-order chi connectivity index (χ1) is 9.76. The third kappa shape index (κ3) is 3.26. The topological polar surface area (TPSA) is 32.3 Å². The minimum absolute atomic E-state index is 0.374. The Kier molecular flexibility index (Phi) is 4.79. The second-order valence-electron chi connectivity index (χ2n) is 6.46. The maximum atomic E-state index is 9.35. The molecule has 3 heteroatoms. The van der Waals surface area contributed by atoms with Crippen molar-refractivity contribution in [3.8, 4) is 0 Å². The number of aliphatic hydroxyl groups is 1. The highest BCUT2D eigenvalue weighted by Gasteiger charge is 2.32. The lowest BCUT2D eigenvalue weighted by molar-refractivity contribution is 0.182. The predicted molar refractivity (Wildman–Crippen MR) is 85.8 cm³/mol. The van der Waals surface area contributed by atoms with E-state index in [1.807, 2.05) is 0 Å². The Hall–Kier alpha value is -0.380. The molecule has 3 rings (SSSR count). The fourth-order valence-electron chi connectivity index (χ4n) is 3.73. The summed E-state index contributed by atoms with van der Waals surface area (Å²) in [5, 5.41) is 13.1. The summed E-state index contributed by atoms with van der Waals surface area (Å²) in [6.45, 7) is 1.47. The molecule has 0 heterocycles. The van der Waals surface area contributed by atoms with Crippen molar-refractivity contribution in [3.63, 3.8) is 0 Å². The van der Waals surface area contributed by atoms with Crippen LogP contribution >= 0.6 is 15.9 Å². The summed E-state index contributed by atoms with van der Waals surface area (Å²) in [6, 6.07) is 9.44. The summed E-state index contributed by atoms with van der Waals surface area (Å²) in [6.07, 6.45) is 6.33. The third-order valence-corrected chi connectivity index (χ3v) is 5.73. The Morgan fingerprint density at radius 1 is 1.10 bits per heavy atom. The van der Waals surface area contributed by atoms with Gasteiger partial charge < -0.3 is 10.4 Å². The van der Waals surface area contributed by atoms with Gasteiger partial charge in [0.1, 0.15) is 0 Å². The van der Waals surface area contributed by atoms with Crippen molar-refractivity contribution in [3.05, 3.63) is 34.3 Å². The summed E-state index contributed by atoms with van der Waals surface area (Å²) in [4.78, 5) is 0. The van der Waals surface area contributed by atoms with Gasteiger partial charge >= 0.3 is 0 Å². The first kappa shape index (κ1) is 14.6. The second-order valence-corrected chi connectivity index (χ2v) is 7.37. The van der Waals surface area contributed by atoms with E-state index in [0.717, 1.165) is 16.9 Å². The van der Waals surface area contributed by atoms with E-state index in [2.05, 4.69) is 45.5 Å². The number of rotatable bonds is 5. The van der Waals surface area contributed by atoms with Crippen LogP contribution in [0.25, 0.3) is 0 Å². The van der Waals surface area contributed by atoms with Gasteiger partial charge in [0.2, 0.25) is 0 Å². The van der Waals surface area contributed by atoms with E-state index in [-0.39, 0.29) is 0 Å². The van der Waals surface area contributed by atoms with Crippen LogP contribution in [0.1, 0.15) is 43.6 Å². The predicted octanol–water partition coefficient (Wildman–Crippen LogP) is 3.69. The third-order valence-electron chi connectivity index (χ3n) is 5.20. The van der Waals surface area contributed by atoms with Crippen LogP contribution < -0.4 is 5.32 Å². The van der Waals surface area contributed by atoms with Gasteiger partial charge in [-0.1, -0.05) is 34.5 Å². The largest absolute Gasteiger partial charge is 0.396 e. The van der Waals surface area contributed by atoms with Crippen molar-refractivity contribution in [2.45, 2.75) is 44.1 Å². The summed E-state index contributed by atoms with van der Waals surface area (Å²) in [7, 11) is 0. The maximum Gasteiger partial charge on any atom is 0.0462 e. The summed E-state index contributed by atoms with van der Waals surface area (Å²) < 4.78 is 1.16. The second kappa shape index (κ2) is 6.59. The summed E-state index contributed by atoms with van der Waals surface area (Å²) in [5.74, 6) is 1.98. The van der Waals surface area contributed by atoms with Crippen molar-refractivity contribution < 1.29 is 5.11 Å². The van der Waals surface area contributed by atoms with Crippen LogP contribution in [0.4, 0.5) is 0 Å². The summed E-state index contributed by atoms with van der Waals surface area (Å²) >= 11 is 3.49. The van der Waals surface area contributed by atoms with E-state index < -0.39 is 0 Å². The Labute approximate surface area is 130 Å². The fourth-order valence-corrected chi connectivity index (χ4v) is 4.00. The van der Waals surface area contributed by atoms with E-state index in [1.54, 1.807) is 0 Å². The van der Waals surface area contributed by atoms with Crippen molar-refractivity contribution in [1.82, 2.24) is 5.32 Å². The van der Waals surface area contributed by atoms with Gasteiger partial charge in [-0.2, -0.15) is 0 Å². The Balaban J connectivity index is 1.41. The van der Waals surface area contributed by atoms with E-state index >= 15 is 0 Å². The lowest BCUT2D eigenvalue weighted by Crippen LogP contribution is -2.42. The minimum Gasteiger partial charge on any atom is -0.396 e. The normalized spacial score (nSPS) is 33.1. The molecule has 110 valence electrons. The first-order valence-electron chi connectivity index (χ1n) is 7.86. The molecule has 0 aromatic heterocycles. The molecule has 2 aliphatic carbocycles. The van der Waals surface area contributed by atoms with Crippen LogP contribution in [0.3, 0.4) is 0 Å². The standard InChI is InChI=1S/C17H24BrNO/c18-16-6-4-12(5-7-16)15-8-17(9-15)19-10-13-2-1-3-14(13)11-20/h4-7,13-15,17,19-20H,1-3,8-11H2. The number of hydrogen-bond acceptors (Lipinski definition) is 2. The number of nitrogens with one attached hydrogen (secondary N) is 1. The molecule has 0 aliphatic heterocycles. The Morgan fingerprint density at radius 3 is 2.50 bits per heavy atom. The molecule has 1 aromatic rings. The zero-order chi connectivity index (χ0) is 13.9. The molecule has 0 saturated heterocycles. The smallest absolute Gasteiger partial charge is 0.0462 e. The average molecular weight is 338 g/mol. The molecule has 2 N–H and O–H groups in total. The van der Waals surface area contributed by atoms with Gasteiger partial charge in [-0.3, -0.25) is 0 Å². The molecule has 2 atom stereocenters. The van der Waals surface area contributed by atoms with E-state index in [9.17, 15) is 5.11 Å². The zero-order valence-corrected chi connectivity index (χ0v) is 13.5. The molecule has 2 nitrogen and oxygen atoms in total. The Bertz CT molecular complexity index is 427. The molecule has 2 unspecified atom stereocenters. The van der Waals surface area contributed by atoms with Crippen molar-refractivity contribution in [2.75, 3.05) is 13.2 Å². The van der Waals surface area contributed by atoms with Crippen LogP contribution in [-0.4, -0.2) is 24.3 Å². The van der Waals surface area contributed by atoms with Crippen molar-refractivity contribution in [1.29, 1.82) is 0 Å². The highest BCUT2D eigenvalue weighted by atomic mass is 79.9. The SMILES string of the molecule is OCC1CCCC1CNC1CC(c2ccc(Br)cc2)C1. The van der Waals surface area contributed by atoms with E-state index in [4.69, 9.17) is 0 Å². The number of halogens is 1. The molecule has 2 saturated carbocycles. The van der Waals surface area contributed by atoms with Crippen LogP contribution in [0.15, 0.2) is 28.7 Å². The van der Waals surface area contributed by atoms with Crippen LogP contribution in [-0.2, 0) is 0 Å². The van der Waals surface area contributed by atoms with E-state index in [0.29, 0.717) is 24.5 Å². The molecule has 0 amide bonds. The first-order valence-corrected chi connectivity index (χ1v) is 8.65. The van der Waals surface area contributed by atoms with Gasteiger partial charge in [0, 0.05) is 17.1 Å². The highest BCUT2D eigenvalue weighted by molar-refractivity contribution is 9.10. The van der Waals surface area contributed by atoms with Gasteiger partial charge in [0.25, 0.3) is 0 Å². The number of hydrogen-bond donors (Lipinski definition) is 2. The zero-order valence-electron chi connectivity index (χ0n) is 11.9. The molecule has 2 aliphatic rings. The molecule has 20 heavy (non-hydrogen) atoms. The molecule has 0 bridgehead atoms. The van der Waals surface area contributed by atoms with Gasteiger partial charge in [-0.05, 0) is 67.7 Å². The number of benzene rings is 1. The quantitative estimate of drug-likeness (QED) is 0.858. The fraction of sp³-hybridized carbons (Fsp3) is 0.647. The van der Waals surface area contributed by atoms with E-state index in [1.165, 1.54) is 37.7 Å². The monoisotopic (exact) mass is 337 g/mol. The molecular formula is C17H24BrNO. The van der Waals surface area contributed by atoms with Gasteiger partial charge in [0.05, 0.1) is 0 Å². The van der Waals surface area contributed by atoms with Crippen LogP contribution in [0, 0.1) is 11.8 Å². The molecular weight excluding hydrogens is 314 g/mol. The summed E-state index contributed by atoms with van der Waals surface area (Å²) in [5.41, 5.74) is 1.47. The minimum atomic E-state index is 0.374. The van der Waals surface area contributed by atoms with Crippen LogP contribution in [0.2, 0.25) is 0 Å².